The smallest absolute Gasteiger partial charge is 0.255 e. The van der Waals surface area contributed by atoms with Crippen LogP contribution in [0.2, 0.25) is 0 Å². The van der Waals surface area contributed by atoms with Crippen molar-refractivity contribution in [2.45, 2.75) is 38.8 Å². The Morgan fingerprint density at radius 1 is 1.35 bits per heavy atom. The topological polar surface area (TPSA) is 59.0 Å². The van der Waals surface area contributed by atoms with E-state index in [0.29, 0.717) is 11.6 Å². The van der Waals surface area contributed by atoms with Crippen LogP contribution in [0.1, 0.15) is 35.8 Å². The molecule has 1 fully saturated rings. The molecule has 1 aliphatic rings. The first-order chi connectivity index (χ1) is 10.6. The van der Waals surface area contributed by atoms with Crippen molar-refractivity contribution in [1.29, 1.82) is 0 Å². The number of piperidine rings is 1. The highest BCUT2D eigenvalue weighted by Crippen LogP contribution is 2.14. The number of aryl methyl sites for hydroxylation is 1. The van der Waals surface area contributed by atoms with Gasteiger partial charge < -0.3 is 10.6 Å². The summed E-state index contributed by atoms with van der Waals surface area (Å²) in [5.74, 6) is -0.0415. The van der Waals surface area contributed by atoms with E-state index in [1.54, 1.807) is 10.9 Å². The van der Waals surface area contributed by atoms with Crippen LogP contribution in [0, 0.1) is 6.92 Å². The summed E-state index contributed by atoms with van der Waals surface area (Å²) in [5, 5.41) is 11.0. The van der Waals surface area contributed by atoms with Gasteiger partial charge in [0.2, 0.25) is 0 Å². The average Bonchev–Trinajstić information content (AvgIpc) is 2.92. The van der Waals surface area contributed by atoms with Gasteiger partial charge in [-0.05, 0) is 45.4 Å². The molecule has 0 bridgehead atoms. The molecule has 0 saturated carbocycles. The lowest BCUT2D eigenvalue weighted by Gasteiger charge is -2.30. The van der Waals surface area contributed by atoms with Crippen LogP contribution < -0.4 is 10.6 Å². The van der Waals surface area contributed by atoms with E-state index in [2.05, 4.69) is 22.7 Å². The molecule has 0 spiro atoms. The van der Waals surface area contributed by atoms with E-state index in [0.717, 1.165) is 30.8 Å². The molecule has 5 nitrogen and oxygen atoms in total. The summed E-state index contributed by atoms with van der Waals surface area (Å²) in [4.78, 5) is 12.5. The van der Waals surface area contributed by atoms with E-state index in [1.165, 1.54) is 0 Å². The average molecular weight is 335 g/mol. The first-order valence-corrected chi connectivity index (χ1v) is 7.81. The molecule has 0 radical (unpaired) electrons. The highest BCUT2D eigenvalue weighted by molar-refractivity contribution is 5.95. The van der Waals surface area contributed by atoms with Gasteiger partial charge >= 0.3 is 0 Å². The van der Waals surface area contributed by atoms with Gasteiger partial charge in [0.1, 0.15) is 0 Å². The standard InChI is InChI=1S/C17H22N4O.ClH/c1-12-15(11-21(20-12)14-7-4-3-5-8-14)17(22)19-16-9-6-10-18-13(16)2;/h3-5,7-8,11,13,16,18H,6,9-10H2,1-2H3,(H,19,22);1H. The Kier molecular flexibility index (Phi) is 5.80. The second kappa shape index (κ2) is 7.62. The molecule has 2 aromatic rings. The monoisotopic (exact) mass is 334 g/mol. The fourth-order valence-electron chi connectivity index (χ4n) is 2.88. The van der Waals surface area contributed by atoms with Crippen molar-refractivity contribution in [1.82, 2.24) is 20.4 Å². The number of hydrogen-bond donors (Lipinski definition) is 2. The predicted molar refractivity (Wildman–Crippen MR) is 93.5 cm³/mol. The van der Waals surface area contributed by atoms with Gasteiger partial charge in [0.15, 0.2) is 0 Å². The summed E-state index contributed by atoms with van der Waals surface area (Å²) in [6.45, 7) is 5.01. The van der Waals surface area contributed by atoms with E-state index in [1.807, 2.05) is 37.3 Å². The number of para-hydroxylation sites is 1. The second-order valence-corrected chi connectivity index (χ2v) is 5.87. The van der Waals surface area contributed by atoms with Gasteiger partial charge in [0, 0.05) is 18.3 Å². The second-order valence-electron chi connectivity index (χ2n) is 5.87. The number of rotatable bonds is 3. The number of nitrogens with one attached hydrogen (secondary N) is 2. The molecule has 1 aromatic carbocycles. The minimum atomic E-state index is -0.0415. The SMILES string of the molecule is Cc1nn(-c2ccccc2)cc1C(=O)NC1CCCNC1C.Cl. The van der Waals surface area contributed by atoms with Gasteiger partial charge in [0.05, 0.1) is 16.9 Å². The number of carbonyl (C=O) groups is 1. The molecular weight excluding hydrogens is 312 g/mol. The van der Waals surface area contributed by atoms with Crippen molar-refractivity contribution in [3.05, 3.63) is 47.8 Å². The predicted octanol–water partition coefficient (Wildman–Crippen LogP) is 2.47. The lowest BCUT2D eigenvalue weighted by molar-refractivity contribution is 0.0919. The molecule has 124 valence electrons. The maximum atomic E-state index is 12.5. The molecule has 2 N–H and O–H groups in total. The third-order valence-corrected chi connectivity index (χ3v) is 4.24. The zero-order chi connectivity index (χ0) is 15.5. The molecule has 1 aliphatic heterocycles. The number of aromatic nitrogens is 2. The van der Waals surface area contributed by atoms with Crippen LogP contribution in [0.5, 0.6) is 0 Å². The summed E-state index contributed by atoms with van der Waals surface area (Å²) in [7, 11) is 0. The molecule has 2 unspecified atom stereocenters. The Labute approximate surface area is 142 Å². The number of benzene rings is 1. The van der Waals surface area contributed by atoms with Crippen molar-refractivity contribution in [2.75, 3.05) is 6.54 Å². The molecule has 2 atom stereocenters. The molecule has 1 amide bonds. The first-order valence-electron chi connectivity index (χ1n) is 7.81. The molecular formula is C17H23ClN4O. The van der Waals surface area contributed by atoms with E-state index in [9.17, 15) is 4.79 Å². The van der Waals surface area contributed by atoms with Gasteiger partial charge in [-0.1, -0.05) is 18.2 Å². The van der Waals surface area contributed by atoms with E-state index in [4.69, 9.17) is 0 Å². The van der Waals surface area contributed by atoms with Crippen molar-refractivity contribution in [2.24, 2.45) is 0 Å². The fraction of sp³-hybridized carbons (Fsp3) is 0.412. The number of amides is 1. The summed E-state index contributed by atoms with van der Waals surface area (Å²) in [5.41, 5.74) is 2.34. The van der Waals surface area contributed by atoms with Crippen molar-refractivity contribution in [3.8, 4) is 5.69 Å². The quantitative estimate of drug-likeness (QED) is 0.906. The molecule has 0 aliphatic carbocycles. The largest absolute Gasteiger partial charge is 0.348 e. The lowest BCUT2D eigenvalue weighted by atomic mass is 9.99. The summed E-state index contributed by atoms with van der Waals surface area (Å²) in [6, 6.07) is 10.3. The normalized spacial score (nSPS) is 20.6. The van der Waals surface area contributed by atoms with Gasteiger partial charge in [-0.2, -0.15) is 5.10 Å². The van der Waals surface area contributed by atoms with Crippen LogP contribution in [0.25, 0.3) is 5.69 Å². The highest BCUT2D eigenvalue weighted by atomic mass is 35.5. The molecule has 2 heterocycles. The Morgan fingerprint density at radius 3 is 2.78 bits per heavy atom. The van der Waals surface area contributed by atoms with Crippen LogP contribution in [-0.2, 0) is 0 Å². The van der Waals surface area contributed by atoms with Gasteiger partial charge in [-0.15, -0.1) is 12.4 Å². The van der Waals surface area contributed by atoms with Gasteiger partial charge in [-0.3, -0.25) is 4.79 Å². The summed E-state index contributed by atoms with van der Waals surface area (Å²) < 4.78 is 1.76. The Balaban J connectivity index is 0.00000192. The minimum Gasteiger partial charge on any atom is -0.348 e. The third kappa shape index (κ3) is 3.92. The van der Waals surface area contributed by atoms with Crippen LogP contribution in [0.4, 0.5) is 0 Å². The number of hydrogen-bond acceptors (Lipinski definition) is 3. The molecule has 23 heavy (non-hydrogen) atoms. The lowest BCUT2D eigenvalue weighted by Crippen LogP contribution is -2.51. The van der Waals surface area contributed by atoms with Crippen LogP contribution in [0.3, 0.4) is 0 Å². The Bertz CT molecular complexity index is 656. The van der Waals surface area contributed by atoms with E-state index >= 15 is 0 Å². The maximum Gasteiger partial charge on any atom is 0.255 e. The van der Waals surface area contributed by atoms with Crippen LogP contribution in [-0.4, -0.2) is 34.3 Å². The van der Waals surface area contributed by atoms with E-state index < -0.39 is 0 Å². The Hall–Kier alpha value is -1.85. The third-order valence-electron chi connectivity index (χ3n) is 4.24. The summed E-state index contributed by atoms with van der Waals surface area (Å²) in [6.07, 6.45) is 3.92. The Morgan fingerprint density at radius 2 is 2.09 bits per heavy atom. The van der Waals surface area contributed by atoms with Crippen molar-refractivity contribution < 1.29 is 4.79 Å². The van der Waals surface area contributed by atoms with Crippen LogP contribution >= 0.6 is 12.4 Å². The number of carbonyl (C=O) groups excluding carboxylic acids is 1. The van der Waals surface area contributed by atoms with Crippen LogP contribution in [0.15, 0.2) is 36.5 Å². The van der Waals surface area contributed by atoms with Crippen molar-refractivity contribution in [3.63, 3.8) is 0 Å². The number of nitrogens with zero attached hydrogens (tertiary/aromatic N) is 2. The molecule has 6 heteroatoms. The maximum absolute atomic E-state index is 12.5. The van der Waals surface area contributed by atoms with E-state index in [-0.39, 0.29) is 24.4 Å². The highest BCUT2D eigenvalue weighted by Gasteiger charge is 2.24. The molecule has 3 rings (SSSR count). The zero-order valence-corrected chi connectivity index (χ0v) is 14.3. The fourth-order valence-corrected chi connectivity index (χ4v) is 2.88. The van der Waals surface area contributed by atoms with Crippen molar-refractivity contribution >= 4 is 18.3 Å². The molecule has 1 saturated heterocycles. The first kappa shape index (κ1) is 17.5. The molecule has 1 aromatic heterocycles. The minimum absolute atomic E-state index is 0. The summed E-state index contributed by atoms with van der Waals surface area (Å²) >= 11 is 0. The van der Waals surface area contributed by atoms with Gasteiger partial charge in [-0.25, -0.2) is 4.68 Å². The zero-order valence-electron chi connectivity index (χ0n) is 13.5. The van der Waals surface area contributed by atoms with Gasteiger partial charge in [0.25, 0.3) is 5.91 Å². The number of halogens is 1.